The fraction of sp³-hybridized carbons (Fsp3) is 0.333. The zero-order valence-electron chi connectivity index (χ0n) is 8.13. The molecule has 5 nitrogen and oxygen atoms in total. The quantitative estimate of drug-likeness (QED) is 0.793. The molecule has 2 unspecified atom stereocenters. The number of fused-ring (bicyclic) bond motifs is 1. The van der Waals surface area contributed by atoms with Crippen molar-refractivity contribution in [3.8, 4) is 0 Å². The van der Waals surface area contributed by atoms with E-state index >= 15 is 0 Å². The summed E-state index contributed by atoms with van der Waals surface area (Å²) in [5.74, 6) is 0. The number of aromatic nitrogens is 3. The minimum absolute atomic E-state index is 0.363. The van der Waals surface area contributed by atoms with Crippen molar-refractivity contribution in [2.24, 2.45) is 5.73 Å². The number of rotatable bonds is 2. The molecule has 0 aliphatic heterocycles. The number of aliphatic hydroxyl groups excluding tert-OH is 1. The normalized spacial score (nSPS) is 15.5. The zero-order chi connectivity index (χ0) is 11.0. The minimum atomic E-state index is -0.774. The molecule has 0 saturated carbocycles. The Morgan fingerprint density at radius 2 is 2.27 bits per heavy atom. The van der Waals surface area contributed by atoms with Gasteiger partial charge in [-0.15, -0.1) is 0 Å². The highest BCUT2D eigenvalue weighted by Gasteiger charge is 2.16. The van der Waals surface area contributed by atoms with Crippen LogP contribution in [-0.4, -0.2) is 25.5 Å². The molecule has 2 aromatic rings. The van der Waals surface area contributed by atoms with E-state index in [2.05, 4.69) is 9.97 Å². The van der Waals surface area contributed by atoms with Crippen LogP contribution in [0.25, 0.3) is 5.65 Å². The maximum absolute atomic E-state index is 9.71. The van der Waals surface area contributed by atoms with Gasteiger partial charge in [0, 0.05) is 18.4 Å². The van der Waals surface area contributed by atoms with Crippen LogP contribution < -0.4 is 5.73 Å². The van der Waals surface area contributed by atoms with Gasteiger partial charge >= 0.3 is 0 Å². The van der Waals surface area contributed by atoms with Gasteiger partial charge in [0.15, 0.2) is 5.65 Å². The van der Waals surface area contributed by atoms with Crippen LogP contribution in [0.3, 0.4) is 0 Å². The number of nitrogens with two attached hydrogens (primary N) is 1. The Balaban J connectivity index is 2.47. The topological polar surface area (TPSA) is 76.4 Å². The molecular weight excluding hydrogens is 216 g/mol. The van der Waals surface area contributed by atoms with Gasteiger partial charge in [0.05, 0.1) is 11.9 Å². The number of aliphatic hydroxyl groups is 1. The summed E-state index contributed by atoms with van der Waals surface area (Å²) in [6.07, 6.45) is 4.08. The Morgan fingerprint density at radius 1 is 1.53 bits per heavy atom. The van der Waals surface area contributed by atoms with Gasteiger partial charge in [-0.3, -0.25) is 0 Å². The molecule has 0 radical (unpaired) electrons. The first-order valence-electron chi connectivity index (χ1n) is 4.51. The monoisotopic (exact) mass is 226 g/mol. The molecule has 0 fully saturated rings. The Kier molecular flexibility index (Phi) is 2.60. The summed E-state index contributed by atoms with van der Waals surface area (Å²) in [6.45, 7) is 1.72. The van der Waals surface area contributed by atoms with Crippen molar-refractivity contribution in [2.45, 2.75) is 19.1 Å². The smallest absolute Gasteiger partial charge is 0.155 e. The maximum atomic E-state index is 9.71. The molecule has 0 amide bonds. The van der Waals surface area contributed by atoms with Crippen molar-refractivity contribution in [1.29, 1.82) is 0 Å². The van der Waals surface area contributed by atoms with Crippen molar-refractivity contribution >= 4 is 17.2 Å². The summed E-state index contributed by atoms with van der Waals surface area (Å²) in [6, 6.07) is -0.363. The van der Waals surface area contributed by atoms with E-state index in [4.69, 9.17) is 17.3 Å². The largest absolute Gasteiger partial charge is 0.385 e. The molecule has 2 rings (SSSR count). The predicted octanol–water partition coefficient (Wildman–Crippen LogP) is 0.763. The van der Waals surface area contributed by atoms with E-state index in [0.29, 0.717) is 16.5 Å². The van der Waals surface area contributed by atoms with Crippen LogP contribution in [0.4, 0.5) is 0 Å². The lowest BCUT2D eigenvalue weighted by Crippen LogP contribution is -2.24. The van der Waals surface area contributed by atoms with Crippen LogP contribution in [0, 0.1) is 0 Å². The van der Waals surface area contributed by atoms with Gasteiger partial charge in [-0.2, -0.15) is 0 Å². The molecule has 6 heteroatoms. The van der Waals surface area contributed by atoms with E-state index in [0.717, 1.165) is 0 Å². The Bertz CT molecular complexity index is 482. The number of imidazole rings is 1. The second kappa shape index (κ2) is 3.77. The fourth-order valence-corrected chi connectivity index (χ4v) is 1.46. The molecule has 2 heterocycles. The van der Waals surface area contributed by atoms with Crippen LogP contribution in [0.5, 0.6) is 0 Å². The molecule has 0 aliphatic carbocycles. The van der Waals surface area contributed by atoms with Gasteiger partial charge in [0.2, 0.25) is 0 Å². The molecule has 2 atom stereocenters. The number of hydrogen-bond donors (Lipinski definition) is 2. The van der Waals surface area contributed by atoms with E-state index in [9.17, 15) is 5.11 Å². The molecular formula is C9H11ClN4O. The standard InChI is InChI=1S/C9H11ClN4O/c1-5(11)9(15)6-3-14-4-7(10)12-2-8(14)13-6/h2-5,9,15H,11H2,1H3. The van der Waals surface area contributed by atoms with E-state index < -0.39 is 6.10 Å². The molecule has 0 spiro atoms. The van der Waals surface area contributed by atoms with Crippen molar-refractivity contribution in [1.82, 2.24) is 14.4 Å². The predicted molar refractivity (Wildman–Crippen MR) is 56.6 cm³/mol. The summed E-state index contributed by atoms with van der Waals surface area (Å²) < 4.78 is 1.70. The third kappa shape index (κ3) is 1.94. The van der Waals surface area contributed by atoms with Gasteiger partial charge in [-0.1, -0.05) is 11.6 Å². The van der Waals surface area contributed by atoms with E-state index in [1.807, 2.05) is 0 Å². The summed E-state index contributed by atoms with van der Waals surface area (Å²) in [7, 11) is 0. The van der Waals surface area contributed by atoms with Crippen molar-refractivity contribution in [3.05, 3.63) is 29.4 Å². The Morgan fingerprint density at radius 3 is 2.93 bits per heavy atom. The lowest BCUT2D eigenvalue weighted by Gasteiger charge is -2.10. The minimum Gasteiger partial charge on any atom is -0.385 e. The molecule has 2 aromatic heterocycles. The van der Waals surface area contributed by atoms with E-state index in [1.54, 1.807) is 29.9 Å². The summed E-state index contributed by atoms with van der Waals surface area (Å²) in [5.41, 5.74) is 6.73. The van der Waals surface area contributed by atoms with Gasteiger partial charge in [-0.05, 0) is 6.92 Å². The van der Waals surface area contributed by atoms with Crippen LogP contribution >= 0.6 is 11.6 Å². The average Bonchev–Trinajstić information content (AvgIpc) is 2.58. The van der Waals surface area contributed by atoms with Crippen LogP contribution in [0.2, 0.25) is 5.15 Å². The SMILES string of the molecule is CC(N)C(O)c1cn2cc(Cl)ncc2n1. The highest BCUT2D eigenvalue weighted by molar-refractivity contribution is 6.29. The van der Waals surface area contributed by atoms with Gasteiger partial charge < -0.3 is 15.2 Å². The van der Waals surface area contributed by atoms with Crippen molar-refractivity contribution < 1.29 is 5.11 Å². The molecule has 3 N–H and O–H groups in total. The number of hydrogen-bond acceptors (Lipinski definition) is 4. The Labute approximate surface area is 91.5 Å². The van der Waals surface area contributed by atoms with Gasteiger partial charge in [0.1, 0.15) is 11.3 Å². The second-order valence-corrected chi connectivity index (χ2v) is 3.83. The molecule has 80 valence electrons. The van der Waals surface area contributed by atoms with Crippen LogP contribution in [-0.2, 0) is 0 Å². The second-order valence-electron chi connectivity index (χ2n) is 3.45. The Hall–Kier alpha value is -1.17. The van der Waals surface area contributed by atoms with Crippen molar-refractivity contribution in [2.75, 3.05) is 0 Å². The van der Waals surface area contributed by atoms with Gasteiger partial charge in [0.25, 0.3) is 0 Å². The summed E-state index contributed by atoms with van der Waals surface area (Å²) in [4.78, 5) is 8.08. The molecule has 0 saturated heterocycles. The molecule has 15 heavy (non-hydrogen) atoms. The molecule has 0 bridgehead atoms. The average molecular weight is 227 g/mol. The fourth-order valence-electron chi connectivity index (χ4n) is 1.31. The maximum Gasteiger partial charge on any atom is 0.155 e. The highest BCUT2D eigenvalue weighted by atomic mass is 35.5. The molecule has 0 aromatic carbocycles. The zero-order valence-corrected chi connectivity index (χ0v) is 8.89. The number of halogens is 1. The summed E-state index contributed by atoms with van der Waals surface area (Å²) >= 11 is 5.72. The van der Waals surface area contributed by atoms with Crippen LogP contribution in [0.1, 0.15) is 18.7 Å². The van der Waals surface area contributed by atoms with Crippen molar-refractivity contribution in [3.63, 3.8) is 0 Å². The van der Waals surface area contributed by atoms with E-state index in [-0.39, 0.29) is 6.04 Å². The summed E-state index contributed by atoms with van der Waals surface area (Å²) in [5, 5.41) is 10.1. The lowest BCUT2D eigenvalue weighted by molar-refractivity contribution is 0.149. The lowest BCUT2D eigenvalue weighted by atomic mass is 10.1. The third-order valence-electron chi connectivity index (χ3n) is 2.13. The number of nitrogens with zero attached hydrogens (tertiary/aromatic N) is 3. The third-order valence-corrected chi connectivity index (χ3v) is 2.32. The molecule has 0 aliphatic rings. The first-order chi connectivity index (χ1) is 7.08. The van der Waals surface area contributed by atoms with E-state index in [1.165, 1.54) is 0 Å². The highest BCUT2D eigenvalue weighted by Crippen LogP contribution is 2.16. The first-order valence-corrected chi connectivity index (χ1v) is 4.89. The van der Waals surface area contributed by atoms with Gasteiger partial charge in [-0.25, -0.2) is 9.97 Å². The van der Waals surface area contributed by atoms with Crippen LogP contribution in [0.15, 0.2) is 18.6 Å². The first kappa shape index (κ1) is 10.4.